The van der Waals surface area contributed by atoms with Crippen molar-refractivity contribution in [2.24, 2.45) is 0 Å². The van der Waals surface area contributed by atoms with E-state index in [0.29, 0.717) is 0 Å². The SMILES string of the molecule is C=C(C)C1(OO)C=C(CCCC)C1. The maximum Gasteiger partial charge on any atom is 0.146 e. The van der Waals surface area contributed by atoms with E-state index in [-0.39, 0.29) is 0 Å². The van der Waals surface area contributed by atoms with Crippen molar-refractivity contribution < 1.29 is 10.1 Å². The Labute approximate surface area is 79.8 Å². The molecule has 0 saturated heterocycles. The Morgan fingerprint density at radius 3 is 2.77 bits per heavy atom. The molecular formula is C11H18O2. The molecule has 0 aromatic heterocycles. The minimum Gasteiger partial charge on any atom is -0.251 e. The van der Waals surface area contributed by atoms with Crippen LogP contribution in [0.5, 0.6) is 0 Å². The molecule has 13 heavy (non-hydrogen) atoms. The summed E-state index contributed by atoms with van der Waals surface area (Å²) in [5.74, 6) is 0. The zero-order valence-corrected chi connectivity index (χ0v) is 8.47. The molecule has 2 nitrogen and oxygen atoms in total. The van der Waals surface area contributed by atoms with E-state index in [1.54, 1.807) is 0 Å². The monoisotopic (exact) mass is 182 g/mol. The van der Waals surface area contributed by atoms with Crippen LogP contribution in [-0.2, 0) is 4.89 Å². The fraction of sp³-hybridized carbons (Fsp3) is 0.636. The first-order valence-corrected chi connectivity index (χ1v) is 4.84. The molecule has 0 spiro atoms. The third kappa shape index (κ3) is 2.01. The quantitative estimate of drug-likeness (QED) is 0.401. The summed E-state index contributed by atoms with van der Waals surface area (Å²) in [5.41, 5.74) is 1.68. The molecule has 0 radical (unpaired) electrons. The molecule has 0 fully saturated rings. The Morgan fingerprint density at radius 1 is 1.77 bits per heavy atom. The average molecular weight is 182 g/mol. The van der Waals surface area contributed by atoms with Gasteiger partial charge in [0, 0.05) is 6.42 Å². The first kappa shape index (κ1) is 10.5. The average Bonchev–Trinajstić information content (AvgIpc) is 2.02. The molecule has 1 rings (SSSR count). The van der Waals surface area contributed by atoms with Crippen LogP contribution in [0.2, 0.25) is 0 Å². The first-order chi connectivity index (χ1) is 6.14. The molecule has 1 aliphatic carbocycles. The second kappa shape index (κ2) is 4.07. The minimum atomic E-state index is -0.566. The predicted molar refractivity (Wildman–Crippen MR) is 53.5 cm³/mol. The van der Waals surface area contributed by atoms with Crippen molar-refractivity contribution in [2.75, 3.05) is 0 Å². The van der Waals surface area contributed by atoms with Crippen LogP contribution in [0.3, 0.4) is 0 Å². The Kier molecular flexibility index (Phi) is 3.28. The van der Waals surface area contributed by atoms with Crippen LogP contribution in [0.4, 0.5) is 0 Å². The summed E-state index contributed by atoms with van der Waals surface area (Å²) >= 11 is 0. The Hall–Kier alpha value is -0.600. The molecule has 0 saturated carbocycles. The molecule has 0 heterocycles. The van der Waals surface area contributed by atoms with Crippen molar-refractivity contribution in [3.8, 4) is 0 Å². The highest BCUT2D eigenvalue weighted by Crippen LogP contribution is 2.40. The van der Waals surface area contributed by atoms with Crippen LogP contribution in [0, 0.1) is 0 Å². The second-order valence-electron chi connectivity index (χ2n) is 3.84. The lowest BCUT2D eigenvalue weighted by Crippen LogP contribution is -2.37. The number of hydrogen-bond donors (Lipinski definition) is 1. The summed E-state index contributed by atoms with van der Waals surface area (Å²) in [6.07, 6.45) is 6.33. The van der Waals surface area contributed by atoms with Crippen LogP contribution in [0.15, 0.2) is 23.8 Å². The van der Waals surface area contributed by atoms with Crippen LogP contribution in [0.25, 0.3) is 0 Å². The van der Waals surface area contributed by atoms with Gasteiger partial charge in [-0.25, -0.2) is 4.89 Å². The highest BCUT2D eigenvalue weighted by molar-refractivity contribution is 5.36. The molecule has 1 unspecified atom stereocenters. The largest absolute Gasteiger partial charge is 0.251 e. The number of hydrogen-bond acceptors (Lipinski definition) is 2. The lowest BCUT2D eigenvalue weighted by Gasteiger charge is -2.37. The van der Waals surface area contributed by atoms with E-state index in [2.05, 4.69) is 18.4 Å². The smallest absolute Gasteiger partial charge is 0.146 e. The maximum absolute atomic E-state index is 8.74. The predicted octanol–water partition coefficient (Wildman–Crippen LogP) is 3.31. The topological polar surface area (TPSA) is 29.5 Å². The summed E-state index contributed by atoms with van der Waals surface area (Å²) in [7, 11) is 0. The van der Waals surface area contributed by atoms with Crippen LogP contribution >= 0.6 is 0 Å². The van der Waals surface area contributed by atoms with Gasteiger partial charge in [-0.1, -0.05) is 25.5 Å². The summed E-state index contributed by atoms with van der Waals surface area (Å²) in [4.78, 5) is 4.47. The van der Waals surface area contributed by atoms with Crippen molar-refractivity contribution in [2.45, 2.75) is 45.1 Å². The third-order valence-corrected chi connectivity index (χ3v) is 2.66. The highest BCUT2D eigenvalue weighted by atomic mass is 17.1. The Bertz CT molecular complexity index is 230. The van der Waals surface area contributed by atoms with Crippen molar-refractivity contribution in [1.82, 2.24) is 0 Å². The van der Waals surface area contributed by atoms with Gasteiger partial charge in [0.05, 0.1) is 0 Å². The fourth-order valence-corrected chi connectivity index (χ4v) is 1.61. The van der Waals surface area contributed by atoms with Crippen molar-refractivity contribution in [3.05, 3.63) is 23.8 Å². The zero-order chi connectivity index (χ0) is 9.90. The van der Waals surface area contributed by atoms with E-state index in [4.69, 9.17) is 5.26 Å². The number of rotatable bonds is 5. The van der Waals surface area contributed by atoms with E-state index in [0.717, 1.165) is 18.4 Å². The van der Waals surface area contributed by atoms with Gasteiger partial charge in [0.1, 0.15) is 5.60 Å². The van der Waals surface area contributed by atoms with Gasteiger partial charge in [0.25, 0.3) is 0 Å². The number of unbranched alkanes of at least 4 members (excludes halogenated alkanes) is 1. The summed E-state index contributed by atoms with van der Waals surface area (Å²) in [6.45, 7) is 7.86. The van der Waals surface area contributed by atoms with Crippen molar-refractivity contribution >= 4 is 0 Å². The van der Waals surface area contributed by atoms with Gasteiger partial charge in [-0.05, 0) is 31.4 Å². The molecule has 0 bridgehead atoms. The van der Waals surface area contributed by atoms with Crippen LogP contribution < -0.4 is 0 Å². The molecule has 1 aliphatic rings. The Morgan fingerprint density at radius 2 is 2.38 bits per heavy atom. The summed E-state index contributed by atoms with van der Waals surface area (Å²) in [5, 5.41) is 8.74. The molecule has 0 aliphatic heterocycles. The van der Waals surface area contributed by atoms with Gasteiger partial charge < -0.3 is 0 Å². The standard InChI is InChI=1S/C11H18O2/c1-4-5-6-10-7-11(8-10,13-12)9(2)3/h7,12H,2,4-6,8H2,1,3H3. The maximum atomic E-state index is 8.74. The van der Waals surface area contributed by atoms with Crippen molar-refractivity contribution in [1.29, 1.82) is 0 Å². The van der Waals surface area contributed by atoms with Gasteiger partial charge in [-0.2, -0.15) is 0 Å². The fourth-order valence-electron chi connectivity index (χ4n) is 1.61. The first-order valence-electron chi connectivity index (χ1n) is 4.84. The van der Waals surface area contributed by atoms with Gasteiger partial charge in [-0.15, -0.1) is 0 Å². The molecule has 1 atom stereocenters. The van der Waals surface area contributed by atoms with E-state index in [9.17, 15) is 0 Å². The van der Waals surface area contributed by atoms with Crippen molar-refractivity contribution in [3.63, 3.8) is 0 Å². The van der Waals surface area contributed by atoms with Gasteiger partial charge >= 0.3 is 0 Å². The normalized spacial score (nSPS) is 26.5. The molecule has 74 valence electrons. The van der Waals surface area contributed by atoms with E-state index in [1.165, 1.54) is 18.4 Å². The molecule has 0 aromatic carbocycles. The van der Waals surface area contributed by atoms with Crippen LogP contribution in [0.1, 0.15) is 39.5 Å². The lowest BCUT2D eigenvalue weighted by atomic mass is 9.76. The molecule has 2 heteroatoms. The molecule has 0 aromatic rings. The van der Waals surface area contributed by atoms with E-state index in [1.807, 2.05) is 13.0 Å². The Balaban J connectivity index is 2.51. The van der Waals surface area contributed by atoms with E-state index >= 15 is 0 Å². The molecule has 1 N–H and O–H groups in total. The second-order valence-corrected chi connectivity index (χ2v) is 3.84. The third-order valence-electron chi connectivity index (χ3n) is 2.66. The van der Waals surface area contributed by atoms with Gasteiger partial charge in [0.15, 0.2) is 0 Å². The van der Waals surface area contributed by atoms with Gasteiger partial charge in [-0.3, -0.25) is 5.26 Å². The van der Waals surface area contributed by atoms with Crippen LogP contribution in [-0.4, -0.2) is 10.9 Å². The minimum absolute atomic E-state index is 0.566. The summed E-state index contributed by atoms with van der Waals surface area (Å²) in [6, 6.07) is 0. The molecular weight excluding hydrogens is 164 g/mol. The lowest BCUT2D eigenvalue weighted by molar-refractivity contribution is -0.301. The zero-order valence-electron chi connectivity index (χ0n) is 8.47. The summed E-state index contributed by atoms with van der Waals surface area (Å²) < 4.78 is 0. The van der Waals surface area contributed by atoms with E-state index < -0.39 is 5.60 Å². The highest BCUT2D eigenvalue weighted by Gasteiger charge is 2.38. The molecule has 0 amide bonds. The van der Waals surface area contributed by atoms with Gasteiger partial charge in [0.2, 0.25) is 0 Å².